The molecule has 1 heterocycles. The minimum Gasteiger partial charge on any atom is -0.465 e. The van der Waals surface area contributed by atoms with E-state index in [-0.39, 0.29) is 12.1 Å². The summed E-state index contributed by atoms with van der Waals surface area (Å²) in [6.07, 6.45) is -0.987. The first-order valence-corrected chi connectivity index (χ1v) is 5.97. The van der Waals surface area contributed by atoms with E-state index in [9.17, 15) is 9.59 Å². The van der Waals surface area contributed by atoms with Crippen LogP contribution in [-0.4, -0.2) is 48.1 Å². The second-order valence-corrected chi connectivity index (χ2v) is 5.30. The largest absolute Gasteiger partial charge is 0.465 e. The first-order valence-electron chi connectivity index (χ1n) is 5.97. The molecule has 0 aromatic rings. The lowest BCUT2D eigenvalue weighted by Crippen LogP contribution is -2.60. The normalized spacial score (nSPS) is 24.2. The summed E-state index contributed by atoms with van der Waals surface area (Å²) in [5.74, 6) is 0. The van der Waals surface area contributed by atoms with Crippen molar-refractivity contribution < 1.29 is 19.4 Å². The Bertz CT molecular complexity index is 314. The standard InChI is InChI=1S/C11H21N3O4/c1-11(2,3)18-10(17)14-8-6-12-5-4-7(8)13-9(15)16/h7-8,12-13H,4-6H2,1-3H3,(H,14,17)(H,15,16)/t7-,8+/m1/s1. The molecule has 104 valence electrons. The van der Waals surface area contributed by atoms with Gasteiger partial charge in [-0.05, 0) is 33.7 Å². The van der Waals surface area contributed by atoms with E-state index in [1.165, 1.54) is 0 Å². The van der Waals surface area contributed by atoms with Crippen LogP contribution < -0.4 is 16.0 Å². The van der Waals surface area contributed by atoms with Gasteiger partial charge in [-0.2, -0.15) is 0 Å². The number of hydrogen-bond donors (Lipinski definition) is 4. The summed E-state index contributed by atoms with van der Waals surface area (Å²) in [5.41, 5.74) is -0.568. The van der Waals surface area contributed by atoms with E-state index >= 15 is 0 Å². The van der Waals surface area contributed by atoms with Gasteiger partial charge in [-0.3, -0.25) is 0 Å². The fraction of sp³-hybridized carbons (Fsp3) is 0.818. The van der Waals surface area contributed by atoms with Gasteiger partial charge in [-0.15, -0.1) is 0 Å². The number of carboxylic acid groups (broad SMARTS) is 1. The molecule has 0 radical (unpaired) electrons. The van der Waals surface area contributed by atoms with Crippen LogP contribution in [0.3, 0.4) is 0 Å². The minimum absolute atomic E-state index is 0.295. The van der Waals surface area contributed by atoms with Gasteiger partial charge in [0.05, 0.1) is 12.1 Å². The molecule has 0 unspecified atom stereocenters. The topological polar surface area (TPSA) is 99.7 Å². The number of piperidine rings is 1. The molecular formula is C11H21N3O4. The summed E-state index contributed by atoms with van der Waals surface area (Å²) in [6.45, 7) is 6.57. The molecule has 4 N–H and O–H groups in total. The van der Waals surface area contributed by atoms with Crippen LogP contribution in [0.1, 0.15) is 27.2 Å². The number of carbonyl (C=O) groups excluding carboxylic acids is 1. The molecule has 18 heavy (non-hydrogen) atoms. The van der Waals surface area contributed by atoms with E-state index in [4.69, 9.17) is 9.84 Å². The van der Waals surface area contributed by atoms with E-state index in [1.54, 1.807) is 20.8 Å². The van der Waals surface area contributed by atoms with Crippen LogP contribution >= 0.6 is 0 Å². The van der Waals surface area contributed by atoms with Crippen molar-refractivity contribution in [3.63, 3.8) is 0 Å². The number of alkyl carbamates (subject to hydrolysis) is 1. The average molecular weight is 259 g/mol. The van der Waals surface area contributed by atoms with E-state index in [0.29, 0.717) is 13.0 Å². The van der Waals surface area contributed by atoms with Gasteiger partial charge in [-0.1, -0.05) is 0 Å². The smallest absolute Gasteiger partial charge is 0.407 e. The minimum atomic E-state index is -1.09. The van der Waals surface area contributed by atoms with Gasteiger partial charge in [0.1, 0.15) is 5.60 Å². The summed E-state index contributed by atoms with van der Waals surface area (Å²) in [7, 11) is 0. The van der Waals surface area contributed by atoms with Crippen molar-refractivity contribution in [1.82, 2.24) is 16.0 Å². The number of rotatable bonds is 2. The van der Waals surface area contributed by atoms with Crippen LogP contribution in [0.4, 0.5) is 9.59 Å². The molecular weight excluding hydrogens is 238 g/mol. The Morgan fingerprint density at radius 3 is 2.50 bits per heavy atom. The number of ether oxygens (including phenoxy) is 1. The fourth-order valence-corrected chi connectivity index (χ4v) is 1.80. The Hall–Kier alpha value is -1.50. The van der Waals surface area contributed by atoms with Crippen molar-refractivity contribution in [2.24, 2.45) is 0 Å². The highest BCUT2D eigenvalue weighted by Crippen LogP contribution is 2.09. The summed E-state index contributed by atoms with van der Waals surface area (Å²) in [5, 5.41) is 16.9. The fourth-order valence-electron chi connectivity index (χ4n) is 1.80. The zero-order chi connectivity index (χ0) is 13.8. The van der Waals surface area contributed by atoms with Gasteiger partial charge in [0.2, 0.25) is 0 Å². The third-order valence-corrected chi connectivity index (χ3v) is 2.49. The third-order valence-electron chi connectivity index (χ3n) is 2.49. The lowest BCUT2D eigenvalue weighted by atomic mass is 10.0. The molecule has 0 saturated carbocycles. The molecule has 1 aliphatic heterocycles. The third kappa shape index (κ3) is 5.22. The van der Waals surface area contributed by atoms with Crippen LogP contribution in [-0.2, 0) is 4.74 Å². The van der Waals surface area contributed by atoms with Crippen molar-refractivity contribution in [3.8, 4) is 0 Å². The molecule has 2 atom stereocenters. The van der Waals surface area contributed by atoms with Gasteiger partial charge in [-0.25, -0.2) is 9.59 Å². The number of carbonyl (C=O) groups is 2. The Kier molecular flexibility index (Phi) is 4.77. The zero-order valence-electron chi connectivity index (χ0n) is 10.9. The molecule has 1 fully saturated rings. The molecule has 0 aliphatic carbocycles. The van der Waals surface area contributed by atoms with Crippen LogP contribution in [0.2, 0.25) is 0 Å². The van der Waals surface area contributed by atoms with Crippen LogP contribution in [0, 0.1) is 0 Å². The highest BCUT2D eigenvalue weighted by atomic mass is 16.6. The molecule has 7 heteroatoms. The Balaban J connectivity index is 2.51. The van der Waals surface area contributed by atoms with Crippen LogP contribution in [0.15, 0.2) is 0 Å². The predicted molar refractivity (Wildman–Crippen MR) is 65.6 cm³/mol. The Labute approximate surface area is 106 Å². The van der Waals surface area contributed by atoms with Crippen molar-refractivity contribution >= 4 is 12.2 Å². The van der Waals surface area contributed by atoms with E-state index in [1.807, 2.05) is 0 Å². The van der Waals surface area contributed by atoms with Crippen molar-refractivity contribution in [2.45, 2.75) is 44.9 Å². The van der Waals surface area contributed by atoms with Gasteiger partial charge in [0.15, 0.2) is 0 Å². The molecule has 0 aromatic carbocycles. The number of nitrogens with one attached hydrogen (secondary N) is 3. The molecule has 0 spiro atoms. The quantitative estimate of drug-likeness (QED) is 0.579. The van der Waals surface area contributed by atoms with Crippen molar-refractivity contribution in [1.29, 1.82) is 0 Å². The highest BCUT2D eigenvalue weighted by Gasteiger charge is 2.29. The average Bonchev–Trinajstić information content (AvgIpc) is 2.17. The predicted octanol–water partition coefficient (Wildman–Crippen LogP) is 0.509. The molecule has 7 nitrogen and oxygen atoms in total. The molecule has 1 rings (SSSR count). The first kappa shape index (κ1) is 14.6. The van der Waals surface area contributed by atoms with Crippen LogP contribution in [0.25, 0.3) is 0 Å². The molecule has 0 bridgehead atoms. The Morgan fingerprint density at radius 2 is 1.94 bits per heavy atom. The molecule has 2 amide bonds. The second-order valence-electron chi connectivity index (χ2n) is 5.30. The summed E-state index contributed by atoms with van der Waals surface area (Å²) in [4.78, 5) is 22.3. The summed E-state index contributed by atoms with van der Waals surface area (Å²) >= 11 is 0. The maximum atomic E-state index is 11.6. The molecule has 1 aliphatic rings. The lowest BCUT2D eigenvalue weighted by Gasteiger charge is -2.33. The van der Waals surface area contributed by atoms with E-state index in [0.717, 1.165) is 6.54 Å². The zero-order valence-corrected chi connectivity index (χ0v) is 10.9. The number of amides is 2. The van der Waals surface area contributed by atoms with E-state index < -0.39 is 17.8 Å². The summed E-state index contributed by atoms with van der Waals surface area (Å²) < 4.78 is 5.14. The maximum absolute atomic E-state index is 11.6. The second kappa shape index (κ2) is 5.90. The SMILES string of the molecule is CC(C)(C)OC(=O)N[C@H]1CNCC[C@H]1NC(=O)O. The highest BCUT2D eigenvalue weighted by molar-refractivity contribution is 5.69. The van der Waals surface area contributed by atoms with Gasteiger partial charge >= 0.3 is 12.2 Å². The maximum Gasteiger partial charge on any atom is 0.407 e. The van der Waals surface area contributed by atoms with Gasteiger partial charge < -0.3 is 25.8 Å². The lowest BCUT2D eigenvalue weighted by molar-refractivity contribution is 0.0483. The van der Waals surface area contributed by atoms with Gasteiger partial charge in [0, 0.05) is 6.54 Å². The van der Waals surface area contributed by atoms with Crippen molar-refractivity contribution in [2.75, 3.05) is 13.1 Å². The number of hydrogen-bond acceptors (Lipinski definition) is 4. The monoisotopic (exact) mass is 259 g/mol. The molecule has 0 aromatic heterocycles. The first-order chi connectivity index (χ1) is 8.28. The van der Waals surface area contributed by atoms with E-state index in [2.05, 4.69) is 16.0 Å². The Morgan fingerprint density at radius 1 is 1.28 bits per heavy atom. The van der Waals surface area contributed by atoms with Crippen LogP contribution in [0.5, 0.6) is 0 Å². The molecule has 1 saturated heterocycles. The van der Waals surface area contributed by atoms with Gasteiger partial charge in [0.25, 0.3) is 0 Å². The van der Waals surface area contributed by atoms with Crippen molar-refractivity contribution in [3.05, 3.63) is 0 Å². The summed E-state index contributed by atoms with van der Waals surface area (Å²) in [6, 6.07) is -0.596.